The molecular formula is C9H7N2O2+. The maximum atomic E-state index is 11.2. The van der Waals surface area contributed by atoms with Crippen molar-refractivity contribution in [2.45, 2.75) is 6.42 Å². The summed E-state index contributed by atoms with van der Waals surface area (Å²) in [7, 11) is 0. The van der Waals surface area contributed by atoms with Gasteiger partial charge in [-0.2, -0.15) is 0 Å². The molecule has 0 radical (unpaired) electrons. The van der Waals surface area contributed by atoms with Crippen LogP contribution in [-0.2, 0) is 11.2 Å². The highest BCUT2D eigenvalue weighted by atomic mass is 16.3. The van der Waals surface area contributed by atoms with Crippen LogP contribution in [0.5, 0.6) is 0 Å². The minimum atomic E-state index is -0.147. The normalized spacial score (nSPS) is 15.4. The molecule has 64 valence electrons. The molecule has 4 nitrogen and oxygen atoms in total. The molecule has 1 heterocycles. The number of carbonyl (C=O) groups excluding carboxylic acids is 1. The van der Waals surface area contributed by atoms with Crippen LogP contribution in [0.1, 0.15) is 5.56 Å². The highest BCUT2D eigenvalue weighted by Crippen LogP contribution is 2.20. The Bertz CT molecular complexity index is 410. The van der Waals surface area contributed by atoms with Gasteiger partial charge in [-0.15, -0.1) is 0 Å². The zero-order valence-corrected chi connectivity index (χ0v) is 6.80. The van der Waals surface area contributed by atoms with E-state index in [1.807, 2.05) is 0 Å². The first-order valence-corrected chi connectivity index (χ1v) is 3.89. The van der Waals surface area contributed by atoms with Crippen molar-refractivity contribution in [2.75, 3.05) is 0 Å². The molecule has 4 heteroatoms. The van der Waals surface area contributed by atoms with E-state index in [1.54, 1.807) is 24.3 Å². The number of hydrazone groups is 1. The molecule has 0 fully saturated rings. The molecule has 1 aliphatic heterocycles. The van der Waals surface area contributed by atoms with Crippen molar-refractivity contribution in [1.29, 1.82) is 0 Å². The van der Waals surface area contributed by atoms with Crippen molar-refractivity contribution >= 4 is 17.7 Å². The third-order valence-electron chi connectivity index (χ3n) is 1.87. The zero-order chi connectivity index (χ0) is 9.26. The minimum Gasteiger partial charge on any atom is -0.293 e. The van der Waals surface area contributed by atoms with Crippen molar-refractivity contribution in [3.8, 4) is 0 Å². The van der Waals surface area contributed by atoms with Gasteiger partial charge < -0.3 is 0 Å². The van der Waals surface area contributed by atoms with E-state index in [2.05, 4.69) is 5.10 Å². The summed E-state index contributed by atoms with van der Waals surface area (Å²) in [6.45, 7) is 0. The van der Waals surface area contributed by atoms with Gasteiger partial charge in [-0.3, -0.25) is 4.79 Å². The van der Waals surface area contributed by atoms with Crippen LogP contribution in [0.15, 0.2) is 29.4 Å². The number of para-hydroxylation sites is 1. The Kier molecular flexibility index (Phi) is 1.73. The second-order valence-corrected chi connectivity index (χ2v) is 2.79. The number of Topliss-reactive ketones (excluding diaryl/α,β-unsaturated/α-hetero) is 1. The number of hydrogen-bond donors (Lipinski definition) is 0. The summed E-state index contributed by atoms with van der Waals surface area (Å²) in [5.74, 6) is -0.147. The van der Waals surface area contributed by atoms with E-state index in [4.69, 9.17) is 0 Å². The third kappa shape index (κ3) is 1.38. The van der Waals surface area contributed by atoms with Gasteiger partial charge in [-0.25, -0.2) is 0 Å². The fraction of sp³-hybridized carbons (Fsp3) is 0.111. The molecule has 0 aromatic heterocycles. The molecule has 1 aliphatic rings. The van der Waals surface area contributed by atoms with Crippen LogP contribution in [0.4, 0.5) is 5.69 Å². The first kappa shape index (κ1) is 7.79. The molecule has 0 saturated carbocycles. The lowest BCUT2D eigenvalue weighted by Crippen LogP contribution is -2.01. The third-order valence-corrected chi connectivity index (χ3v) is 1.87. The standard InChI is InChI=1S/C9H7N2O2/c12-8-5-7-3-1-2-4-9(7)11(13)10-6-8/h1-4,6H,5H2/q+1. The van der Waals surface area contributed by atoms with Crippen molar-refractivity contribution in [2.24, 2.45) is 5.10 Å². The molecule has 0 saturated heterocycles. The number of fused-ring (bicyclic) bond motifs is 1. The molecule has 0 spiro atoms. The van der Waals surface area contributed by atoms with E-state index in [0.29, 0.717) is 10.6 Å². The highest BCUT2D eigenvalue weighted by molar-refractivity contribution is 6.28. The maximum Gasteiger partial charge on any atom is 0.298 e. The van der Waals surface area contributed by atoms with Gasteiger partial charge in [0.1, 0.15) is 6.21 Å². The number of benzene rings is 1. The monoisotopic (exact) mass is 175 g/mol. The number of carbonyl (C=O) groups is 1. The van der Waals surface area contributed by atoms with Crippen molar-refractivity contribution < 1.29 is 9.66 Å². The van der Waals surface area contributed by atoms with Gasteiger partial charge in [0.05, 0.1) is 10.0 Å². The molecule has 0 unspecified atom stereocenters. The quantitative estimate of drug-likeness (QED) is 0.556. The average Bonchev–Trinajstić information content (AvgIpc) is 2.27. The van der Waals surface area contributed by atoms with E-state index in [-0.39, 0.29) is 12.2 Å². The van der Waals surface area contributed by atoms with Crippen LogP contribution in [0, 0.1) is 4.91 Å². The van der Waals surface area contributed by atoms with Crippen LogP contribution in [0.2, 0.25) is 0 Å². The van der Waals surface area contributed by atoms with Gasteiger partial charge >= 0.3 is 0 Å². The number of hydrogen-bond acceptors (Lipinski definition) is 2. The Balaban J connectivity index is 2.58. The first-order valence-electron chi connectivity index (χ1n) is 3.89. The van der Waals surface area contributed by atoms with Crippen LogP contribution in [0.3, 0.4) is 0 Å². The fourth-order valence-corrected chi connectivity index (χ4v) is 1.26. The Hall–Kier alpha value is -1.84. The van der Waals surface area contributed by atoms with Crippen LogP contribution in [-0.4, -0.2) is 16.9 Å². The predicted molar refractivity (Wildman–Crippen MR) is 46.9 cm³/mol. The molecule has 1 aromatic carbocycles. The summed E-state index contributed by atoms with van der Waals surface area (Å²) >= 11 is 0. The Morgan fingerprint density at radius 1 is 1.31 bits per heavy atom. The number of rotatable bonds is 0. The molecule has 0 amide bonds. The molecule has 0 bridgehead atoms. The minimum absolute atomic E-state index is 0.147. The fourth-order valence-electron chi connectivity index (χ4n) is 1.26. The van der Waals surface area contributed by atoms with Crippen LogP contribution < -0.4 is 0 Å². The van der Waals surface area contributed by atoms with Crippen molar-refractivity contribution in [1.82, 2.24) is 0 Å². The van der Waals surface area contributed by atoms with Gasteiger partial charge in [0.25, 0.3) is 5.69 Å². The lowest BCUT2D eigenvalue weighted by molar-refractivity contribution is -0.467. The summed E-state index contributed by atoms with van der Waals surface area (Å²) < 4.78 is 0. The van der Waals surface area contributed by atoms with Crippen LogP contribution in [0.25, 0.3) is 0 Å². The van der Waals surface area contributed by atoms with Gasteiger partial charge in [0, 0.05) is 18.1 Å². The summed E-state index contributed by atoms with van der Waals surface area (Å²) in [6, 6.07) is 6.95. The van der Waals surface area contributed by atoms with Crippen molar-refractivity contribution in [3.05, 3.63) is 34.7 Å². The number of nitroso groups, excluding NO2 is 1. The SMILES string of the molecule is O=C1C=N[N+](=O)c2ccccc2C1. The Morgan fingerprint density at radius 2 is 2.08 bits per heavy atom. The molecule has 1 aromatic rings. The average molecular weight is 175 g/mol. The molecule has 0 atom stereocenters. The summed E-state index contributed by atoms with van der Waals surface area (Å²) in [6.07, 6.45) is 1.31. The smallest absolute Gasteiger partial charge is 0.293 e. The zero-order valence-electron chi connectivity index (χ0n) is 6.80. The van der Waals surface area contributed by atoms with Crippen LogP contribution >= 0.6 is 0 Å². The van der Waals surface area contributed by atoms with E-state index >= 15 is 0 Å². The number of nitrogens with zero attached hydrogens (tertiary/aromatic N) is 2. The molecule has 0 N–H and O–H groups in total. The second kappa shape index (κ2) is 2.90. The summed E-state index contributed by atoms with van der Waals surface area (Å²) in [5, 5.41) is 3.45. The lowest BCUT2D eigenvalue weighted by atomic mass is 10.1. The Labute approximate surface area is 74.5 Å². The van der Waals surface area contributed by atoms with E-state index in [0.717, 1.165) is 11.8 Å². The summed E-state index contributed by atoms with van der Waals surface area (Å²) in [5.41, 5.74) is 1.17. The lowest BCUT2D eigenvalue weighted by Gasteiger charge is -1.92. The number of ketones is 1. The van der Waals surface area contributed by atoms with Crippen molar-refractivity contribution in [3.63, 3.8) is 0 Å². The van der Waals surface area contributed by atoms with Gasteiger partial charge in [-0.1, -0.05) is 18.2 Å². The van der Waals surface area contributed by atoms with E-state index in [1.165, 1.54) is 0 Å². The van der Waals surface area contributed by atoms with Gasteiger partial charge in [-0.05, 0) is 0 Å². The molecule has 0 aliphatic carbocycles. The Morgan fingerprint density at radius 3 is 2.92 bits per heavy atom. The highest BCUT2D eigenvalue weighted by Gasteiger charge is 2.23. The van der Waals surface area contributed by atoms with Gasteiger partial charge in [0.15, 0.2) is 10.7 Å². The molecule has 2 rings (SSSR count). The molecule has 13 heavy (non-hydrogen) atoms. The molecular weight excluding hydrogens is 168 g/mol. The predicted octanol–water partition coefficient (Wildman–Crippen LogP) is 1.21. The first-order chi connectivity index (χ1) is 6.27. The topological polar surface area (TPSA) is 49.5 Å². The maximum absolute atomic E-state index is 11.2. The second-order valence-electron chi connectivity index (χ2n) is 2.79. The van der Waals surface area contributed by atoms with E-state index < -0.39 is 0 Å². The van der Waals surface area contributed by atoms with E-state index in [9.17, 15) is 9.70 Å². The largest absolute Gasteiger partial charge is 0.298 e. The summed E-state index contributed by atoms with van der Waals surface area (Å²) in [4.78, 5) is 22.8. The van der Waals surface area contributed by atoms with Gasteiger partial charge in [0.2, 0.25) is 0 Å².